The third-order valence-electron chi connectivity index (χ3n) is 5.32. The van der Waals surface area contributed by atoms with Gasteiger partial charge in [0.2, 0.25) is 5.91 Å². The van der Waals surface area contributed by atoms with E-state index in [4.69, 9.17) is 10.5 Å². The van der Waals surface area contributed by atoms with Gasteiger partial charge < -0.3 is 21.1 Å². The van der Waals surface area contributed by atoms with Gasteiger partial charge in [-0.25, -0.2) is 0 Å². The Hall–Kier alpha value is -4.43. The van der Waals surface area contributed by atoms with Crippen LogP contribution in [0.1, 0.15) is 22.7 Å². The van der Waals surface area contributed by atoms with Crippen LogP contribution in [0.25, 0.3) is 0 Å². The Morgan fingerprint density at radius 1 is 0.943 bits per heavy atom. The molecule has 0 bridgehead atoms. The van der Waals surface area contributed by atoms with Crippen molar-refractivity contribution in [1.82, 2.24) is 15.1 Å². The molecule has 0 aliphatic rings. The molecule has 0 aliphatic carbocycles. The number of ether oxygens (including phenoxy) is 1. The fraction of sp³-hybridized carbons (Fsp3) is 0.148. The molecular formula is C27H27N5O3. The van der Waals surface area contributed by atoms with Gasteiger partial charge >= 0.3 is 0 Å². The summed E-state index contributed by atoms with van der Waals surface area (Å²) < 4.78 is 7.34. The molecule has 4 N–H and O–H groups in total. The molecule has 0 spiro atoms. The van der Waals surface area contributed by atoms with Crippen molar-refractivity contribution in [3.05, 3.63) is 114 Å². The molecule has 178 valence electrons. The van der Waals surface area contributed by atoms with Gasteiger partial charge in [-0.15, -0.1) is 0 Å². The van der Waals surface area contributed by atoms with Crippen molar-refractivity contribution in [2.75, 3.05) is 5.32 Å². The van der Waals surface area contributed by atoms with Gasteiger partial charge in [-0.3, -0.25) is 14.3 Å². The number of carbonyl (C=O) groups is 2. The summed E-state index contributed by atoms with van der Waals surface area (Å²) in [5, 5.41) is 9.75. The number of nitrogens with zero attached hydrogens (tertiary/aromatic N) is 2. The molecule has 0 saturated carbocycles. The van der Waals surface area contributed by atoms with Crippen molar-refractivity contribution in [3.63, 3.8) is 0 Å². The van der Waals surface area contributed by atoms with Gasteiger partial charge in [-0.1, -0.05) is 54.6 Å². The summed E-state index contributed by atoms with van der Waals surface area (Å²) in [5.74, 6) is -0.0461. The number of aromatic nitrogens is 2. The minimum Gasteiger partial charge on any atom is -0.489 e. The van der Waals surface area contributed by atoms with Crippen LogP contribution in [0.15, 0.2) is 97.3 Å². The number of anilines is 1. The zero-order valence-electron chi connectivity index (χ0n) is 19.1. The number of hydrogen-bond donors (Lipinski definition) is 3. The largest absolute Gasteiger partial charge is 0.489 e. The lowest BCUT2D eigenvalue weighted by molar-refractivity contribution is -0.127. The summed E-state index contributed by atoms with van der Waals surface area (Å²) in [4.78, 5) is 25.9. The highest BCUT2D eigenvalue weighted by atomic mass is 16.5. The first-order chi connectivity index (χ1) is 17.1. The second-order valence-electron chi connectivity index (χ2n) is 7.94. The van der Waals surface area contributed by atoms with E-state index in [0.29, 0.717) is 30.2 Å². The molecule has 2 amide bonds. The second-order valence-corrected chi connectivity index (χ2v) is 7.94. The summed E-state index contributed by atoms with van der Waals surface area (Å²) in [7, 11) is 0. The maximum Gasteiger partial charge on any atom is 0.251 e. The molecule has 8 nitrogen and oxygen atoms in total. The van der Waals surface area contributed by atoms with E-state index in [-0.39, 0.29) is 18.4 Å². The van der Waals surface area contributed by atoms with Crippen molar-refractivity contribution in [1.29, 1.82) is 0 Å². The van der Waals surface area contributed by atoms with Crippen molar-refractivity contribution in [2.45, 2.75) is 25.7 Å². The molecule has 0 saturated heterocycles. The van der Waals surface area contributed by atoms with Crippen molar-refractivity contribution >= 4 is 17.5 Å². The van der Waals surface area contributed by atoms with E-state index >= 15 is 0 Å². The Balaban J connectivity index is 1.49. The molecule has 1 heterocycles. The smallest absolute Gasteiger partial charge is 0.251 e. The monoisotopic (exact) mass is 469 g/mol. The Morgan fingerprint density at radius 3 is 2.43 bits per heavy atom. The average Bonchev–Trinajstić information content (AvgIpc) is 3.40. The maximum absolute atomic E-state index is 13.2. The van der Waals surface area contributed by atoms with Crippen LogP contribution in [0.3, 0.4) is 0 Å². The van der Waals surface area contributed by atoms with E-state index in [1.165, 1.54) is 4.68 Å². The minimum absolute atomic E-state index is 0.00227. The van der Waals surface area contributed by atoms with E-state index < -0.39 is 6.04 Å². The van der Waals surface area contributed by atoms with Crippen LogP contribution >= 0.6 is 0 Å². The van der Waals surface area contributed by atoms with Gasteiger partial charge in [0.25, 0.3) is 5.91 Å². The van der Waals surface area contributed by atoms with Crippen molar-refractivity contribution in [2.24, 2.45) is 5.73 Å². The fourth-order valence-electron chi connectivity index (χ4n) is 3.54. The fourth-order valence-corrected chi connectivity index (χ4v) is 3.54. The van der Waals surface area contributed by atoms with Gasteiger partial charge in [0.1, 0.15) is 24.9 Å². The minimum atomic E-state index is -0.914. The predicted octanol–water partition coefficient (Wildman–Crippen LogP) is 3.42. The summed E-state index contributed by atoms with van der Waals surface area (Å²) >= 11 is 0. The molecule has 1 atom stereocenters. The number of carbonyl (C=O) groups excluding carboxylic acids is 2. The summed E-state index contributed by atoms with van der Waals surface area (Å²) in [5.41, 5.74) is 8.89. The van der Waals surface area contributed by atoms with Gasteiger partial charge in [0.05, 0.1) is 0 Å². The van der Waals surface area contributed by atoms with Crippen LogP contribution in [0, 0.1) is 0 Å². The number of benzene rings is 3. The van der Waals surface area contributed by atoms with Gasteiger partial charge in [0.15, 0.2) is 0 Å². The van der Waals surface area contributed by atoms with Crippen LogP contribution in [0.4, 0.5) is 5.69 Å². The molecule has 0 radical (unpaired) electrons. The number of nitrogens with two attached hydrogens (primary N) is 1. The number of amides is 2. The maximum atomic E-state index is 13.2. The topological polar surface area (TPSA) is 111 Å². The van der Waals surface area contributed by atoms with Gasteiger partial charge in [0, 0.05) is 24.6 Å². The Labute approximate surface area is 203 Å². The second kappa shape index (κ2) is 11.6. The molecule has 0 aliphatic heterocycles. The summed E-state index contributed by atoms with van der Waals surface area (Å²) in [6.45, 7) is 0.790. The molecular weight excluding hydrogens is 442 g/mol. The van der Waals surface area contributed by atoms with Crippen molar-refractivity contribution < 1.29 is 14.3 Å². The summed E-state index contributed by atoms with van der Waals surface area (Å²) in [6, 6.07) is 25.1. The van der Waals surface area contributed by atoms with Gasteiger partial charge in [-0.2, -0.15) is 5.10 Å². The molecule has 35 heavy (non-hydrogen) atoms. The third kappa shape index (κ3) is 6.78. The first-order valence-corrected chi connectivity index (χ1v) is 11.2. The van der Waals surface area contributed by atoms with Crippen LogP contribution in [0.2, 0.25) is 0 Å². The van der Waals surface area contributed by atoms with E-state index in [0.717, 1.165) is 11.1 Å². The molecule has 0 unspecified atom stereocenters. The molecule has 8 heteroatoms. The number of rotatable bonds is 10. The summed E-state index contributed by atoms with van der Waals surface area (Å²) in [6.07, 6.45) is 3.28. The predicted molar refractivity (Wildman–Crippen MR) is 133 cm³/mol. The number of nitrogens with one attached hydrogen (secondary N) is 2. The van der Waals surface area contributed by atoms with Crippen LogP contribution < -0.4 is 21.1 Å². The lowest BCUT2D eigenvalue weighted by Gasteiger charge is -2.20. The van der Waals surface area contributed by atoms with Crippen LogP contribution in [-0.4, -0.2) is 21.6 Å². The third-order valence-corrected chi connectivity index (χ3v) is 5.32. The van der Waals surface area contributed by atoms with Gasteiger partial charge in [-0.05, 0) is 47.0 Å². The van der Waals surface area contributed by atoms with E-state index in [1.807, 2.05) is 42.5 Å². The quantitative estimate of drug-likeness (QED) is 0.330. The molecule has 0 fully saturated rings. The van der Waals surface area contributed by atoms with Crippen LogP contribution in [-0.2, 0) is 29.3 Å². The first-order valence-electron chi connectivity index (χ1n) is 11.2. The Morgan fingerprint density at radius 2 is 1.71 bits per heavy atom. The number of hydrogen-bond acceptors (Lipinski definition) is 5. The lowest BCUT2D eigenvalue weighted by Crippen LogP contribution is -2.38. The van der Waals surface area contributed by atoms with E-state index in [1.54, 1.807) is 54.9 Å². The zero-order chi connectivity index (χ0) is 24.5. The van der Waals surface area contributed by atoms with Crippen LogP contribution in [0.5, 0.6) is 5.75 Å². The van der Waals surface area contributed by atoms with E-state index in [9.17, 15) is 9.59 Å². The Kier molecular flexibility index (Phi) is 7.88. The average molecular weight is 470 g/mol. The molecule has 4 rings (SSSR count). The molecule has 1 aromatic heterocycles. The zero-order valence-corrected chi connectivity index (χ0v) is 19.1. The molecule has 4 aromatic rings. The SMILES string of the molecule is NCc1cccc(NC(=O)[C@H](NC(=O)Cn2cccn2)c2ccc(OCc3ccccc3)cc2)c1. The van der Waals surface area contributed by atoms with Crippen molar-refractivity contribution in [3.8, 4) is 5.75 Å². The Bertz CT molecular complexity index is 1240. The highest BCUT2D eigenvalue weighted by Gasteiger charge is 2.23. The molecule has 3 aromatic carbocycles. The highest BCUT2D eigenvalue weighted by molar-refractivity contribution is 5.98. The van der Waals surface area contributed by atoms with E-state index in [2.05, 4.69) is 15.7 Å². The normalized spacial score (nSPS) is 11.5. The highest BCUT2D eigenvalue weighted by Crippen LogP contribution is 2.21. The first kappa shape index (κ1) is 23.7. The lowest BCUT2D eigenvalue weighted by atomic mass is 10.1. The standard InChI is InChI=1S/C27H27N5O3/c28-17-21-8-4-9-23(16-21)30-27(34)26(31-25(33)18-32-15-5-14-29-32)22-10-12-24(13-11-22)35-19-20-6-2-1-3-7-20/h1-16,26H,17-19,28H2,(H,30,34)(H,31,33)/t26-/m1/s1.